The molecule has 1 saturated heterocycles. The molecule has 0 aromatic carbocycles. The summed E-state index contributed by atoms with van der Waals surface area (Å²) >= 11 is 0. The molecule has 0 aromatic rings. The van der Waals surface area contributed by atoms with Gasteiger partial charge in [-0.3, -0.25) is 4.79 Å². The zero-order valence-corrected chi connectivity index (χ0v) is 16.3. The van der Waals surface area contributed by atoms with Crippen LogP contribution in [0.25, 0.3) is 0 Å². The van der Waals surface area contributed by atoms with Gasteiger partial charge in [-0.05, 0) is 18.1 Å². The first kappa shape index (κ1) is 19.7. The van der Waals surface area contributed by atoms with Crippen LogP contribution in [0, 0.1) is 0 Å². The van der Waals surface area contributed by atoms with E-state index < -0.39 is 26.8 Å². The van der Waals surface area contributed by atoms with Crippen molar-refractivity contribution in [3.8, 4) is 0 Å². The smallest absolute Gasteiger partial charge is 0.193 e. The number of aldehydes is 1. The lowest BCUT2D eigenvalue weighted by Gasteiger charge is -2.40. The summed E-state index contributed by atoms with van der Waals surface area (Å²) in [6.07, 6.45) is -1.56. The normalized spacial score (nSPS) is 29.4. The third kappa shape index (κ3) is 3.52. The van der Waals surface area contributed by atoms with Crippen molar-refractivity contribution in [2.24, 2.45) is 10.9 Å². The summed E-state index contributed by atoms with van der Waals surface area (Å²) in [6, 6.07) is 0. The summed E-state index contributed by atoms with van der Waals surface area (Å²) in [5, 5.41) is 25.2. The molecule has 9 nitrogen and oxygen atoms in total. The van der Waals surface area contributed by atoms with Crippen molar-refractivity contribution >= 4 is 20.3 Å². The Morgan fingerprint density at radius 3 is 2.60 bits per heavy atom. The number of aliphatic hydroxyl groups is 1. The third-order valence-electron chi connectivity index (χ3n) is 5.14. The van der Waals surface area contributed by atoms with Crippen LogP contribution in [0.5, 0.6) is 0 Å². The maximum Gasteiger partial charge on any atom is 0.193 e. The number of allylic oxidation sites excluding steroid dienone is 1. The average Bonchev–Trinajstić information content (AvgIpc) is 3.05. The summed E-state index contributed by atoms with van der Waals surface area (Å²) < 4.78 is 12.3. The SMILES string of the molecule is CC(C)(C)[Si](C)(C)OC1/C(=N/O)[C@@H](CO)O[C@H]1N1CNC(C=O)=C1N. The molecule has 5 N–H and O–H groups in total. The molecule has 0 bridgehead atoms. The van der Waals surface area contributed by atoms with Crippen molar-refractivity contribution in [2.45, 2.75) is 57.3 Å². The molecular formula is C15H28N4O5Si. The Balaban J connectivity index is 2.37. The van der Waals surface area contributed by atoms with Gasteiger partial charge >= 0.3 is 0 Å². The number of hydrogen-bond acceptors (Lipinski definition) is 9. The van der Waals surface area contributed by atoms with E-state index in [4.69, 9.17) is 14.9 Å². The largest absolute Gasteiger partial charge is 0.411 e. The molecule has 0 amide bonds. The van der Waals surface area contributed by atoms with Crippen LogP contribution in [-0.2, 0) is 14.0 Å². The first-order chi connectivity index (χ1) is 11.6. The van der Waals surface area contributed by atoms with Crippen LogP contribution in [0.1, 0.15) is 20.8 Å². The number of nitrogens with two attached hydrogens (primary N) is 1. The number of aliphatic hydroxyl groups excluding tert-OH is 1. The van der Waals surface area contributed by atoms with Crippen molar-refractivity contribution in [1.29, 1.82) is 0 Å². The van der Waals surface area contributed by atoms with Crippen LogP contribution in [0.15, 0.2) is 16.7 Å². The second-order valence-electron chi connectivity index (χ2n) is 7.74. The number of oxime groups is 1. The van der Waals surface area contributed by atoms with Crippen molar-refractivity contribution in [3.05, 3.63) is 11.5 Å². The maximum absolute atomic E-state index is 11.1. The van der Waals surface area contributed by atoms with Crippen molar-refractivity contribution in [1.82, 2.24) is 10.2 Å². The van der Waals surface area contributed by atoms with Gasteiger partial charge in [0.1, 0.15) is 29.4 Å². The molecular weight excluding hydrogens is 344 g/mol. The molecule has 2 rings (SSSR count). The lowest BCUT2D eigenvalue weighted by molar-refractivity contribution is -0.105. The molecule has 2 aliphatic rings. The van der Waals surface area contributed by atoms with E-state index in [2.05, 4.69) is 44.3 Å². The van der Waals surface area contributed by atoms with Crippen LogP contribution in [0.3, 0.4) is 0 Å². The monoisotopic (exact) mass is 372 g/mol. The molecule has 3 atom stereocenters. The predicted molar refractivity (Wildman–Crippen MR) is 94.2 cm³/mol. The predicted octanol–water partition coefficient (Wildman–Crippen LogP) is 0.114. The van der Waals surface area contributed by atoms with Crippen LogP contribution in [-0.4, -0.2) is 67.2 Å². The fourth-order valence-electron chi connectivity index (χ4n) is 2.58. The highest BCUT2D eigenvalue weighted by Gasteiger charge is 2.51. The van der Waals surface area contributed by atoms with Crippen LogP contribution in [0.2, 0.25) is 18.1 Å². The molecule has 1 unspecified atom stereocenters. The molecule has 0 aliphatic carbocycles. The zero-order chi connectivity index (χ0) is 19.0. The molecule has 0 aromatic heterocycles. The summed E-state index contributed by atoms with van der Waals surface area (Å²) in [4.78, 5) is 12.7. The van der Waals surface area contributed by atoms with Gasteiger partial charge in [-0.25, -0.2) is 0 Å². The Morgan fingerprint density at radius 1 is 1.52 bits per heavy atom. The van der Waals surface area contributed by atoms with Gasteiger partial charge in [-0.2, -0.15) is 0 Å². The number of ether oxygens (including phenoxy) is 1. The lowest BCUT2D eigenvalue weighted by atomic mass is 10.1. The Bertz CT molecular complexity index is 587. The van der Waals surface area contributed by atoms with E-state index in [1.54, 1.807) is 4.90 Å². The molecule has 142 valence electrons. The van der Waals surface area contributed by atoms with Crippen LogP contribution < -0.4 is 11.1 Å². The summed E-state index contributed by atoms with van der Waals surface area (Å²) in [7, 11) is -2.24. The fourth-order valence-corrected chi connectivity index (χ4v) is 3.80. The van der Waals surface area contributed by atoms with E-state index in [9.17, 15) is 15.1 Å². The minimum atomic E-state index is -2.24. The number of rotatable bonds is 5. The molecule has 25 heavy (non-hydrogen) atoms. The van der Waals surface area contributed by atoms with Gasteiger partial charge < -0.3 is 35.4 Å². The number of carbonyl (C=O) groups is 1. The third-order valence-corrected chi connectivity index (χ3v) is 9.60. The van der Waals surface area contributed by atoms with Gasteiger partial charge in [0.25, 0.3) is 0 Å². The van der Waals surface area contributed by atoms with Crippen molar-refractivity contribution in [2.75, 3.05) is 13.3 Å². The lowest BCUT2D eigenvalue weighted by Crippen LogP contribution is -2.52. The summed E-state index contributed by atoms with van der Waals surface area (Å²) in [5.74, 6) is 0.236. The highest BCUT2D eigenvalue weighted by atomic mass is 28.4. The number of hydrogen-bond donors (Lipinski definition) is 4. The number of carbonyl (C=O) groups excluding carboxylic acids is 1. The van der Waals surface area contributed by atoms with E-state index in [-0.39, 0.29) is 35.5 Å². The van der Waals surface area contributed by atoms with Crippen LogP contribution in [0.4, 0.5) is 0 Å². The molecule has 0 radical (unpaired) electrons. The van der Waals surface area contributed by atoms with Gasteiger partial charge in [0.15, 0.2) is 20.8 Å². The summed E-state index contributed by atoms with van der Waals surface area (Å²) in [5.41, 5.74) is 6.52. The first-order valence-corrected chi connectivity index (χ1v) is 11.1. The van der Waals surface area contributed by atoms with E-state index in [0.29, 0.717) is 6.29 Å². The van der Waals surface area contributed by atoms with E-state index in [1.165, 1.54) is 0 Å². The molecule has 0 saturated carbocycles. The van der Waals surface area contributed by atoms with E-state index in [1.807, 2.05) is 0 Å². The molecule has 1 fully saturated rings. The van der Waals surface area contributed by atoms with E-state index in [0.717, 1.165) is 0 Å². The first-order valence-electron chi connectivity index (χ1n) is 8.18. The summed E-state index contributed by atoms with van der Waals surface area (Å²) in [6.45, 7) is 10.4. The molecule has 2 heterocycles. The standard InChI is InChI=1S/C15H28N4O5Si/c1-15(2,3)25(4,5)24-12-11(18-22)10(7-21)23-14(12)19-8-17-9(6-20)13(19)16/h6,10,12,14,17,21-22H,7-8,16H2,1-5H3/b18-11+/t10-,12?,14-/m1/s1. The molecule has 2 aliphatic heterocycles. The Kier molecular flexibility index (Phi) is 5.47. The Labute approximate surface area is 148 Å². The quantitative estimate of drug-likeness (QED) is 0.232. The zero-order valence-electron chi connectivity index (χ0n) is 15.3. The number of nitrogens with zero attached hydrogens (tertiary/aromatic N) is 2. The Hall–Kier alpha value is -1.62. The maximum atomic E-state index is 11.1. The topological polar surface area (TPSA) is 130 Å². The van der Waals surface area contributed by atoms with Gasteiger partial charge in [0.2, 0.25) is 0 Å². The van der Waals surface area contributed by atoms with Gasteiger partial charge in [-0.1, -0.05) is 25.9 Å². The average molecular weight is 372 g/mol. The minimum absolute atomic E-state index is 0.0754. The van der Waals surface area contributed by atoms with Gasteiger partial charge in [0.05, 0.1) is 13.3 Å². The van der Waals surface area contributed by atoms with Crippen LogP contribution >= 0.6 is 0 Å². The number of nitrogens with one attached hydrogen (secondary N) is 1. The highest BCUT2D eigenvalue weighted by molar-refractivity contribution is 6.74. The Morgan fingerprint density at radius 2 is 2.16 bits per heavy atom. The fraction of sp³-hybridized carbons (Fsp3) is 0.733. The minimum Gasteiger partial charge on any atom is -0.411 e. The molecule has 0 spiro atoms. The molecule has 10 heteroatoms. The van der Waals surface area contributed by atoms with Crippen molar-refractivity contribution in [3.63, 3.8) is 0 Å². The highest BCUT2D eigenvalue weighted by Crippen LogP contribution is 2.40. The second-order valence-corrected chi connectivity index (χ2v) is 12.5. The second kappa shape index (κ2) is 6.94. The van der Waals surface area contributed by atoms with Crippen molar-refractivity contribution < 1.29 is 24.3 Å². The van der Waals surface area contributed by atoms with Gasteiger partial charge in [-0.15, -0.1) is 0 Å². The van der Waals surface area contributed by atoms with Gasteiger partial charge in [0, 0.05) is 0 Å². The van der Waals surface area contributed by atoms with E-state index >= 15 is 0 Å².